The summed E-state index contributed by atoms with van der Waals surface area (Å²) in [5, 5.41) is 0. The molecule has 0 aliphatic carbocycles. The zero-order valence-electron chi connectivity index (χ0n) is 11.3. The van der Waals surface area contributed by atoms with Crippen LogP contribution in [-0.2, 0) is 4.79 Å². The fourth-order valence-corrected chi connectivity index (χ4v) is 4.06. The zero-order chi connectivity index (χ0) is 13.1. The van der Waals surface area contributed by atoms with Gasteiger partial charge in [0, 0.05) is 0 Å². The molecule has 18 heavy (non-hydrogen) atoms. The van der Waals surface area contributed by atoms with Gasteiger partial charge in [-0.3, -0.25) is 0 Å². The summed E-state index contributed by atoms with van der Waals surface area (Å²) in [6, 6.07) is 10.4. The number of hydrogen-bond donors (Lipinski definition) is 0. The Balaban J connectivity index is 2.16. The van der Waals surface area contributed by atoms with Crippen molar-refractivity contribution in [3.05, 3.63) is 30.3 Å². The van der Waals surface area contributed by atoms with Crippen LogP contribution in [0.25, 0.3) is 0 Å². The quantitative estimate of drug-likeness (QED) is 0.365. The Labute approximate surface area is 118 Å². The first-order valence-corrected chi connectivity index (χ1v) is 8.88. The summed E-state index contributed by atoms with van der Waals surface area (Å²) in [5.74, 6) is 0. The van der Waals surface area contributed by atoms with Crippen LogP contribution in [0.4, 0.5) is 0 Å². The molecule has 1 rings (SSSR count). The van der Waals surface area contributed by atoms with Gasteiger partial charge in [0.1, 0.15) is 0 Å². The summed E-state index contributed by atoms with van der Waals surface area (Å²) in [4.78, 5) is 11.4. The summed E-state index contributed by atoms with van der Waals surface area (Å²) in [6.07, 6.45) is 10.1. The minimum atomic E-state index is 0.270. The number of hydrogen-bond acceptors (Lipinski definition) is 1. The van der Waals surface area contributed by atoms with E-state index in [2.05, 4.69) is 31.2 Å². The van der Waals surface area contributed by atoms with Gasteiger partial charge in [-0.2, -0.15) is 0 Å². The average Bonchev–Trinajstić information content (AvgIpc) is 2.42. The van der Waals surface area contributed by atoms with Gasteiger partial charge in [-0.25, -0.2) is 0 Å². The predicted octanol–water partition coefficient (Wildman–Crippen LogP) is 3.75. The Morgan fingerprint density at radius 3 is 2.39 bits per heavy atom. The van der Waals surface area contributed by atoms with Crippen molar-refractivity contribution in [3.63, 3.8) is 0 Å². The molecule has 0 heterocycles. The van der Waals surface area contributed by atoms with Gasteiger partial charge in [-0.05, 0) is 0 Å². The SMILES string of the molecule is CCCCCCCCC(C=O)[Se]c1ccccc1. The Morgan fingerprint density at radius 2 is 1.72 bits per heavy atom. The monoisotopic (exact) mass is 312 g/mol. The summed E-state index contributed by atoms with van der Waals surface area (Å²) < 4.78 is 1.34. The van der Waals surface area contributed by atoms with Gasteiger partial charge in [-0.1, -0.05) is 0 Å². The third kappa shape index (κ3) is 6.98. The maximum atomic E-state index is 11.1. The fraction of sp³-hybridized carbons (Fsp3) is 0.562. The van der Waals surface area contributed by atoms with Crippen LogP contribution in [0.2, 0.25) is 4.82 Å². The third-order valence-electron chi connectivity index (χ3n) is 3.02. The van der Waals surface area contributed by atoms with E-state index < -0.39 is 0 Å². The van der Waals surface area contributed by atoms with E-state index in [0.717, 1.165) is 6.42 Å². The second-order valence-corrected chi connectivity index (χ2v) is 7.42. The third-order valence-corrected chi connectivity index (χ3v) is 5.53. The van der Waals surface area contributed by atoms with Gasteiger partial charge in [0.15, 0.2) is 0 Å². The number of carbonyl (C=O) groups is 1. The molecule has 0 aliphatic heterocycles. The molecular weight excluding hydrogens is 287 g/mol. The van der Waals surface area contributed by atoms with Crippen LogP contribution in [-0.4, -0.2) is 21.2 Å². The van der Waals surface area contributed by atoms with E-state index in [9.17, 15) is 4.79 Å². The van der Waals surface area contributed by atoms with Crippen LogP contribution in [0.15, 0.2) is 30.3 Å². The van der Waals surface area contributed by atoms with Gasteiger partial charge in [0.05, 0.1) is 0 Å². The molecule has 1 unspecified atom stereocenters. The standard InChI is InChI=1S/C16H24OSe/c1-2-3-4-5-6-8-13-16(14-17)18-15-11-9-7-10-12-15/h7,9-12,14,16H,2-6,8,13H2,1H3. The molecule has 1 aromatic carbocycles. The number of unbranched alkanes of at least 4 members (excludes halogenated alkanes) is 5. The predicted molar refractivity (Wildman–Crippen MR) is 79.6 cm³/mol. The number of aldehydes is 1. The van der Waals surface area contributed by atoms with Crippen molar-refractivity contribution in [1.29, 1.82) is 0 Å². The van der Waals surface area contributed by atoms with Gasteiger partial charge < -0.3 is 0 Å². The summed E-state index contributed by atoms with van der Waals surface area (Å²) in [6.45, 7) is 2.24. The first-order valence-electron chi connectivity index (χ1n) is 7.03. The van der Waals surface area contributed by atoms with Crippen LogP contribution < -0.4 is 4.46 Å². The number of benzene rings is 1. The zero-order valence-corrected chi connectivity index (χ0v) is 13.0. The molecule has 0 saturated heterocycles. The molecule has 1 nitrogen and oxygen atoms in total. The maximum absolute atomic E-state index is 11.1. The first kappa shape index (κ1) is 15.5. The molecular formula is C16H24OSe. The van der Waals surface area contributed by atoms with Crippen LogP contribution in [0.1, 0.15) is 51.9 Å². The second-order valence-electron chi connectivity index (χ2n) is 4.66. The topological polar surface area (TPSA) is 17.1 Å². The van der Waals surface area contributed by atoms with Crippen molar-refractivity contribution in [2.75, 3.05) is 0 Å². The van der Waals surface area contributed by atoms with Gasteiger partial charge in [0.2, 0.25) is 0 Å². The van der Waals surface area contributed by atoms with Gasteiger partial charge in [0.25, 0.3) is 0 Å². The summed E-state index contributed by atoms with van der Waals surface area (Å²) >= 11 is 0.312. The summed E-state index contributed by atoms with van der Waals surface area (Å²) in [5.41, 5.74) is 0. The number of carbonyl (C=O) groups excluding carboxylic acids is 1. The van der Waals surface area contributed by atoms with E-state index in [0.29, 0.717) is 15.0 Å². The van der Waals surface area contributed by atoms with Crippen LogP contribution >= 0.6 is 0 Å². The Morgan fingerprint density at radius 1 is 1.06 bits per heavy atom. The first-order chi connectivity index (χ1) is 8.86. The van der Waals surface area contributed by atoms with Crippen molar-refractivity contribution >= 4 is 25.7 Å². The van der Waals surface area contributed by atoms with E-state index in [1.54, 1.807) is 0 Å². The Bertz CT molecular complexity index is 310. The van der Waals surface area contributed by atoms with Crippen molar-refractivity contribution in [1.82, 2.24) is 0 Å². The molecule has 0 amide bonds. The van der Waals surface area contributed by atoms with Crippen LogP contribution in [0.5, 0.6) is 0 Å². The molecule has 2 heteroatoms. The Kier molecular flexibility index (Phi) is 8.89. The van der Waals surface area contributed by atoms with E-state index in [-0.39, 0.29) is 4.82 Å². The van der Waals surface area contributed by atoms with Crippen molar-refractivity contribution < 1.29 is 4.79 Å². The molecule has 0 aliphatic rings. The van der Waals surface area contributed by atoms with E-state index >= 15 is 0 Å². The summed E-state index contributed by atoms with van der Waals surface area (Å²) in [7, 11) is 0. The van der Waals surface area contributed by atoms with E-state index in [1.165, 1.54) is 49.3 Å². The molecule has 1 atom stereocenters. The van der Waals surface area contributed by atoms with E-state index in [1.807, 2.05) is 6.07 Å². The van der Waals surface area contributed by atoms with Crippen LogP contribution in [0.3, 0.4) is 0 Å². The molecule has 100 valence electrons. The minimum absolute atomic E-state index is 0.270. The molecule has 0 radical (unpaired) electrons. The van der Waals surface area contributed by atoms with Gasteiger partial charge >= 0.3 is 118 Å². The molecule has 0 N–H and O–H groups in total. The van der Waals surface area contributed by atoms with Gasteiger partial charge in [-0.15, -0.1) is 0 Å². The second kappa shape index (κ2) is 10.3. The van der Waals surface area contributed by atoms with E-state index in [4.69, 9.17) is 0 Å². The molecule has 1 aromatic rings. The normalized spacial score (nSPS) is 12.3. The molecule has 0 spiro atoms. The Hall–Kier alpha value is -0.591. The molecule has 0 bridgehead atoms. The average molecular weight is 311 g/mol. The van der Waals surface area contributed by atoms with Crippen LogP contribution in [0, 0.1) is 0 Å². The van der Waals surface area contributed by atoms with Crippen molar-refractivity contribution in [3.8, 4) is 0 Å². The fourth-order valence-electron chi connectivity index (χ4n) is 1.95. The number of rotatable bonds is 10. The van der Waals surface area contributed by atoms with Crippen molar-refractivity contribution in [2.45, 2.75) is 56.7 Å². The molecule has 0 saturated carbocycles. The molecule has 0 aromatic heterocycles. The van der Waals surface area contributed by atoms with Crippen molar-refractivity contribution in [2.24, 2.45) is 0 Å². The molecule has 0 fully saturated rings.